The van der Waals surface area contributed by atoms with Gasteiger partial charge < -0.3 is 5.11 Å². The maximum atomic E-state index is 11.4. The van der Waals surface area contributed by atoms with Gasteiger partial charge in [-0.05, 0) is 18.4 Å². The minimum absolute atomic E-state index is 0.182. The van der Waals surface area contributed by atoms with Crippen LogP contribution >= 0.6 is 11.6 Å². The average molecular weight is 293 g/mol. The van der Waals surface area contributed by atoms with Crippen LogP contribution < -0.4 is 0 Å². The molecule has 0 spiro atoms. The first-order chi connectivity index (χ1) is 9.49. The zero-order valence-corrected chi connectivity index (χ0v) is 12.3. The predicted molar refractivity (Wildman–Crippen MR) is 79.1 cm³/mol. The maximum absolute atomic E-state index is 11.4. The molecule has 0 unspecified atom stereocenters. The summed E-state index contributed by atoms with van der Waals surface area (Å²) in [6, 6.07) is 7.14. The summed E-state index contributed by atoms with van der Waals surface area (Å²) >= 11 is 6.13. The number of hydrogen-bond acceptors (Lipinski definition) is 2. The lowest BCUT2D eigenvalue weighted by molar-refractivity contribution is 0.0697. The number of aryl methyl sites for hydroxylation is 1. The molecule has 1 aromatic heterocycles. The summed E-state index contributed by atoms with van der Waals surface area (Å²) in [5.41, 5.74) is 1.25. The Kier molecular flexibility index (Phi) is 4.45. The van der Waals surface area contributed by atoms with Crippen LogP contribution in [0.4, 0.5) is 0 Å². The molecule has 0 atom stereocenters. The highest BCUT2D eigenvalue weighted by atomic mass is 35.5. The van der Waals surface area contributed by atoms with Crippen LogP contribution in [0.15, 0.2) is 30.5 Å². The molecule has 2 aromatic rings. The molecule has 4 nitrogen and oxygen atoms in total. The Morgan fingerprint density at radius 3 is 2.70 bits per heavy atom. The third kappa shape index (κ3) is 3.20. The molecular formula is C15H17ClN2O2. The van der Waals surface area contributed by atoms with Gasteiger partial charge in [-0.3, -0.25) is 4.68 Å². The molecule has 0 bridgehead atoms. The Hall–Kier alpha value is -1.81. The van der Waals surface area contributed by atoms with Gasteiger partial charge in [0.05, 0.1) is 5.02 Å². The smallest absolute Gasteiger partial charge is 0.339 e. The van der Waals surface area contributed by atoms with Crippen molar-refractivity contribution in [2.45, 2.75) is 26.8 Å². The highest BCUT2D eigenvalue weighted by Gasteiger charge is 2.18. The zero-order chi connectivity index (χ0) is 14.7. The maximum Gasteiger partial charge on any atom is 0.339 e. The predicted octanol–water partition coefficient (Wildman–Crippen LogP) is 3.95. The second-order valence-electron chi connectivity index (χ2n) is 5.12. The normalized spacial score (nSPS) is 11.0. The molecule has 2 rings (SSSR count). The molecule has 5 heteroatoms. The fraction of sp³-hybridized carbons (Fsp3) is 0.333. The number of carboxylic acids is 1. The van der Waals surface area contributed by atoms with E-state index in [0.717, 1.165) is 6.42 Å². The van der Waals surface area contributed by atoms with Gasteiger partial charge in [-0.25, -0.2) is 4.79 Å². The lowest BCUT2D eigenvalue weighted by Crippen LogP contribution is -2.02. The van der Waals surface area contributed by atoms with E-state index in [4.69, 9.17) is 11.6 Å². The third-order valence-electron chi connectivity index (χ3n) is 3.06. The van der Waals surface area contributed by atoms with Crippen LogP contribution in [-0.4, -0.2) is 20.9 Å². The van der Waals surface area contributed by atoms with Crippen LogP contribution in [0.25, 0.3) is 11.3 Å². The van der Waals surface area contributed by atoms with Crippen molar-refractivity contribution < 1.29 is 9.90 Å². The summed E-state index contributed by atoms with van der Waals surface area (Å²) in [6.45, 7) is 4.94. The van der Waals surface area contributed by atoms with Crippen LogP contribution in [0.1, 0.15) is 30.6 Å². The number of rotatable bonds is 5. The van der Waals surface area contributed by atoms with Crippen molar-refractivity contribution in [2.75, 3.05) is 0 Å². The first-order valence-electron chi connectivity index (χ1n) is 6.54. The molecule has 106 valence electrons. The first kappa shape index (κ1) is 14.6. The molecule has 0 saturated heterocycles. The van der Waals surface area contributed by atoms with Gasteiger partial charge in [0, 0.05) is 18.3 Å². The minimum atomic E-state index is -0.990. The molecule has 20 heavy (non-hydrogen) atoms. The van der Waals surface area contributed by atoms with Gasteiger partial charge >= 0.3 is 5.97 Å². The lowest BCUT2D eigenvalue weighted by Gasteiger charge is -2.04. The van der Waals surface area contributed by atoms with E-state index < -0.39 is 5.97 Å². The summed E-state index contributed by atoms with van der Waals surface area (Å²) in [4.78, 5) is 11.4. The Morgan fingerprint density at radius 2 is 2.10 bits per heavy atom. The molecule has 0 aliphatic rings. The Labute approximate surface area is 123 Å². The molecule has 1 heterocycles. The monoisotopic (exact) mass is 292 g/mol. The molecule has 0 amide bonds. The van der Waals surface area contributed by atoms with Crippen molar-refractivity contribution in [3.8, 4) is 11.3 Å². The summed E-state index contributed by atoms with van der Waals surface area (Å²) in [7, 11) is 0. The largest absolute Gasteiger partial charge is 0.478 e. The second kappa shape index (κ2) is 6.09. The molecule has 1 aromatic carbocycles. The second-order valence-corrected chi connectivity index (χ2v) is 5.53. The molecule has 0 aliphatic carbocycles. The van der Waals surface area contributed by atoms with Crippen molar-refractivity contribution in [1.29, 1.82) is 0 Å². The lowest BCUT2D eigenvalue weighted by atomic mass is 10.1. The number of carboxylic acid groups (broad SMARTS) is 1. The summed E-state index contributed by atoms with van der Waals surface area (Å²) in [6.07, 6.45) is 2.52. The van der Waals surface area contributed by atoms with E-state index in [2.05, 4.69) is 18.9 Å². The average Bonchev–Trinajstić information content (AvgIpc) is 2.81. The number of aromatic carboxylic acids is 1. The van der Waals surface area contributed by atoms with Gasteiger partial charge in [0.25, 0.3) is 0 Å². The van der Waals surface area contributed by atoms with Crippen LogP contribution in [0.3, 0.4) is 0 Å². The van der Waals surface area contributed by atoms with Crippen LogP contribution in [-0.2, 0) is 6.54 Å². The number of aromatic nitrogens is 2. The highest BCUT2D eigenvalue weighted by Crippen LogP contribution is 2.29. The molecule has 0 saturated carbocycles. The molecule has 1 N–H and O–H groups in total. The number of hydrogen-bond donors (Lipinski definition) is 1. The van der Waals surface area contributed by atoms with E-state index in [0.29, 0.717) is 28.7 Å². The fourth-order valence-corrected chi connectivity index (χ4v) is 2.16. The van der Waals surface area contributed by atoms with Crippen molar-refractivity contribution in [1.82, 2.24) is 9.78 Å². The van der Waals surface area contributed by atoms with Crippen molar-refractivity contribution in [3.05, 3.63) is 41.0 Å². The molecule has 0 fully saturated rings. The van der Waals surface area contributed by atoms with E-state index in [1.165, 1.54) is 0 Å². The van der Waals surface area contributed by atoms with Crippen LogP contribution in [0, 0.1) is 5.92 Å². The molecular weight excluding hydrogens is 276 g/mol. The van der Waals surface area contributed by atoms with Gasteiger partial charge in [0.2, 0.25) is 0 Å². The Balaban J connectivity index is 2.41. The quantitative estimate of drug-likeness (QED) is 0.908. The number of benzene rings is 1. The number of carbonyl (C=O) groups is 1. The number of nitrogens with zero attached hydrogens (tertiary/aromatic N) is 2. The van der Waals surface area contributed by atoms with E-state index >= 15 is 0 Å². The van der Waals surface area contributed by atoms with Crippen molar-refractivity contribution >= 4 is 17.6 Å². The van der Waals surface area contributed by atoms with Gasteiger partial charge in [-0.2, -0.15) is 5.10 Å². The summed E-state index contributed by atoms with van der Waals surface area (Å²) < 4.78 is 1.68. The summed E-state index contributed by atoms with van der Waals surface area (Å²) in [5.74, 6) is -0.452. The highest BCUT2D eigenvalue weighted by molar-refractivity contribution is 6.33. The Morgan fingerprint density at radius 1 is 1.40 bits per heavy atom. The van der Waals surface area contributed by atoms with Crippen molar-refractivity contribution in [3.63, 3.8) is 0 Å². The third-order valence-corrected chi connectivity index (χ3v) is 3.39. The SMILES string of the molecule is CC(C)CCn1cc(C(=O)O)c(-c2ccccc2Cl)n1. The summed E-state index contributed by atoms with van der Waals surface area (Å²) in [5, 5.41) is 14.2. The van der Waals surface area contributed by atoms with E-state index in [1.807, 2.05) is 12.1 Å². The fourth-order valence-electron chi connectivity index (χ4n) is 1.94. The molecule has 0 radical (unpaired) electrons. The van der Waals surface area contributed by atoms with Crippen LogP contribution in [0.5, 0.6) is 0 Å². The van der Waals surface area contributed by atoms with Gasteiger partial charge in [0.15, 0.2) is 0 Å². The van der Waals surface area contributed by atoms with E-state index in [-0.39, 0.29) is 5.56 Å². The van der Waals surface area contributed by atoms with E-state index in [1.54, 1.807) is 23.0 Å². The van der Waals surface area contributed by atoms with Crippen molar-refractivity contribution in [2.24, 2.45) is 5.92 Å². The first-order valence-corrected chi connectivity index (χ1v) is 6.92. The van der Waals surface area contributed by atoms with E-state index in [9.17, 15) is 9.90 Å². The zero-order valence-electron chi connectivity index (χ0n) is 11.5. The van der Waals surface area contributed by atoms with Crippen LogP contribution in [0.2, 0.25) is 5.02 Å². The number of halogens is 1. The standard InChI is InChI=1S/C15H17ClN2O2/c1-10(2)7-8-18-9-12(15(19)20)14(17-18)11-5-3-4-6-13(11)16/h3-6,9-10H,7-8H2,1-2H3,(H,19,20). The van der Waals surface area contributed by atoms with Gasteiger partial charge in [-0.15, -0.1) is 0 Å². The van der Waals surface area contributed by atoms with Gasteiger partial charge in [0.1, 0.15) is 11.3 Å². The topological polar surface area (TPSA) is 55.1 Å². The van der Waals surface area contributed by atoms with Gasteiger partial charge in [-0.1, -0.05) is 43.6 Å². The Bertz CT molecular complexity index is 620. The minimum Gasteiger partial charge on any atom is -0.478 e. The molecule has 0 aliphatic heterocycles.